The molecule has 0 bridgehead atoms. The molecule has 2 fully saturated rings. The smallest absolute Gasteiger partial charge is 0.232 e. The highest BCUT2D eigenvalue weighted by Gasteiger charge is 2.58. The Labute approximate surface area is 555 Å². The number of ketones is 1. The Morgan fingerprint density at radius 2 is 1.11 bits per heavy atom. The molecule has 504 valence electrons. The van der Waals surface area contributed by atoms with Crippen molar-refractivity contribution in [3.8, 4) is 11.8 Å². The van der Waals surface area contributed by atoms with E-state index in [1.54, 1.807) is 11.8 Å². The number of Topliss-reactive ketones (excluding diaryl/α,β-unsaturated/α-hetero) is 1. The maximum Gasteiger partial charge on any atom is 0.232 e. The van der Waals surface area contributed by atoms with Gasteiger partial charge in [0, 0.05) is 67.1 Å². The topological polar surface area (TPSA) is 237 Å². The molecule has 7 amide bonds. The first kappa shape index (κ1) is 70.7. The van der Waals surface area contributed by atoms with Crippen molar-refractivity contribution in [1.82, 2.24) is 16.0 Å². The summed E-state index contributed by atoms with van der Waals surface area (Å²) >= 11 is 0. The SMILES string of the molecule is CCC(=O)Nc1ccc2c(c1)[C@@]1(C)CCC[C@](C)(C(=O)NC(=O)[C@@]3(C)CCC[C@]4(C)c5cc(NC(=O)[C@H](C)CC(=O)[C@@H](NC(=O)CCOCCOCCOCCOCCNC(=O)CCC(=O)N6Cc7ccccc7C#Cc7ccccc76)C(C)C)ccc5CC[C@@H]34)[C@@H]1CC2. The molecule has 5 N–H and O–H groups in total. The van der Waals surface area contributed by atoms with Gasteiger partial charge in [0.2, 0.25) is 41.4 Å². The molecule has 4 aromatic carbocycles. The summed E-state index contributed by atoms with van der Waals surface area (Å²) in [5.41, 5.74) is 7.15. The summed E-state index contributed by atoms with van der Waals surface area (Å²) in [4.78, 5) is 110. The second kappa shape index (κ2) is 31.8. The Balaban J connectivity index is 0.641. The molecule has 0 spiro atoms. The van der Waals surface area contributed by atoms with E-state index in [0.29, 0.717) is 77.7 Å². The summed E-state index contributed by atoms with van der Waals surface area (Å²) in [5.74, 6) is 3.73. The van der Waals surface area contributed by atoms with Crippen LogP contribution in [-0.4, -0.2) is 113 Å². The van der Waals surface area contributed by atoms with Gasteiger partial charge in [-0.25, -0.2) is 0 Å². The number of para-hydroxylation sites is 1. The molecule has 0 unspecified atom stereocenters. The third-order valence-electron chi connectivity index (χ3n) is 21.0. The van der Waals surface area contributed by atoms with Crippen LogP contribution in [0.25, 0.3) is 0 Å². The molecular weight excluding hydrogens is 1190 g/mol. The van der Waals surface area contributed by atoms with Crippen LogP contribution in [-0.2, 0) is 87.5 Å². The van der Waals surface area contributed by atoms with Crippen LogP contribution in [0.4, 0.5) is 17.1 Å². The van der Waals surface area contributed by atoms with Crippen LogP contribution in [0.3, 0.4) is 0 Å². The number of nitrogens with zero attached hydrogens (tertiary/aromatic N) is 1. The van der Waals surface area contributed by atoms with Crippen molar-refractivity contribution in [2.24, 2.45) is 34.5 Å². The second-order valence-corrected chi connectivity index (χ2v) is 27.8. The van der Waals surface area contributed by atoms with Crippen molar-refractivity contribution < 1.29 is 57.3 Å². The van der Waals surface area contributed by atoms with Crippen molar-refractivity contribution in [2.45, 2.75) is 175 Å². The summed E-state index contributed by atoms with van der Waals surface area (Å²) in [5, 5.41) is 14.9. The average Bonchev–Trinajstić information content (AvgIpc) is 0.726. The maximum atomic E-state index is 14.9. The van der Waals surface area contributed by atoms with E-state index in [0.717, 1.165) is 85.0 Å². The number of benzene rings is 4. The molecule has 94 heavy (non-hydrogen) atoms. The first-order chi connectivity index (χ1) is 45.1. The van der Waals surface area contributed by atoms with E-state index in [1.807, 2.05) is 94.4 Å². The fourth-order valence-corrected chi connectivity index (χ4v) is 15.7. The number of imide groups is 1. The van der Waals surface area contributed by atoms with E-state index in [4.69, 9.17) is 18.9 Å². The molecule has 0 aromatic heterocycles. The Kier molecular flexibility index (Phi) is 23.9. The quantitative estimate of drug-likeness (QED) is 0.0194. The minimum Gasteiger partial charge on any atom is -0.379 e. The average molecular weight is 1290 g/mol. The van der Waals surface area contributed by atoms with Crippen molar-refractivity contribution in [1.29, 1.82) is 0 Å². The lowest BCUT2D eigenvalue weighted by molar-refractivity contribution is -0.150. The highest BCUT2D eigenvalue weighted by Crippen LogP contribution is 2.60. The van der Waals surface area contributed by atoms with Gasteiger partial charge in [0.25, 0.3) is 0 Å². The molecule has 18 nitrogen and oxygen atoms in total. The van der Waals surface area contributed by atoms with Gasteiger partial charge in [-0.05, 0) is 150 Å². The fourth-order valence-electron chi connectivity index (χ4n) is 15.7. The molecule has 0 radical (unpaired) electrons. The van der Waals surface area contributed by atoms with E-state index in [-0.39, 0.29) is 109 Å². The first-order valence-electron chi connectivity index (χ1n) is 34.2. The Morgan fingerprint density at radius 1 is 0.574 bits per heavy atom. The zero-order valence-electron chi connectivity index (χ0n) is 56.5. The monoisotopic (exact) mass is 1290 g/mol. The Hall–Kier alpha value is -7.56. The van der Waals surface area contributed by atoms with Gasteiger partial charge in [0.1, 0.15) is 0 Å². The molecule has 4 aromatic rings. The number of carbonyl (C=O) groups is 8. The van der Waals surface area contributed by atoms with Gasteiger partial charge in [-0.15, -0.1) is 0 Å². The summed E-state index contributed by atoms with van der Waals surface area (Å²) in [6, 6.07) is 26.7. The van der Waals surface area contributed by atoms with Crippen molar-refractivity contribution in [3.63, 3.8) is 0 Å². The van der Waals surface area contributed by atoms with Gasteiger partial charge in [0.05, 0.1) is 82.0 Å². The molecule has 8 atom stereocenters. The third kappa shape index (κ3) is 16.6. The predicted octanol–water partition coefficient (Wildman–Crippen LogP) is 10.4. The van der Waals surface area contributed by atoms with Gasteiger partial charge in [-0.3, -0.25) is 43.7 Å². The molecule has 18 heteroatoms. The highest BCUT2D eigenvalue weighted by molar-refractivity contribution is 6.01. The summed E-state index contributed by atoms with van der Waals surface area (Å²) < 4.78 is 22.4. The number of fused-ring (bicyclic) bond motifs is 8. The first-order valence-corrected chi connectivity index (χ1v) is 34.2. The molecule has 1 heterocycles. The largest absolute Gasteiger partial charge is 0.379 e. The maximum absolute atomic E-state index is 14.9. The van der Waals surface area contributed by atoms with Crippen molar-refractivity contribution >= 4 is 64.2 Å². The Bertz CT molecular complexity index is 3500. The number of aryl methyl sites for hydroxylation is 2. The molecular formula is C76H98N6O12. The number of ether oxygens (including phenoxy) is 4. The number of hydrogen-bond donors (Lipinski definition) is 5. The third-order valence-corrected chi connectivity index (χ3v) is 21.0. The number of amides is 7. The summed E-state index contributed by atoms with van der Waals surface area (Å²) in [6.45, 7) is 18.9. The molecule has 5 aliphatic rings. The number of anilines is 3. The van der Waals surface area contributed by atoms with Gasteiger partial charge in [-0.1, -0.05) is 123 Å². The van der Waals surface area contributed by atoms with Crippen molar-refractivity contribution in [2.75, 3.05) is 74.9 Å². The molecule has 4 aliphatic carbocycles. The highest BCUT2D eigenvalue weighted by atomic mass is 16.6. The zero-order valence-corrected chi connectivity index (χ0v) is 56.5. The second-order valence-electron chi connectivity index (χ2n) is 27.8. The zero-order chi connectivity index (χ0) is 67.2. The van der Waals surface area contributed by atoms with Crippen LogP contribution >= 0.6 is 0 Å². The van der Waals surface area contributed by atoms with Crippen LogP contribution in [0.1, 0.15) is 178 Å². The standard InChI is InChI=1S/C76H98N6O12/c1-9-65(84)78-57-26-22-53-24-28-63-73(5,59(53)47-57)33-14-35-75(63,7)71(89)81-72(90)76(8)36-15-34-74(6)60-48-58(27-23-54(60)25-29-64(74)76)79-70(88)51(4)46-62(83)69(50(2)3)80-67(86)32-38-91-40-42-93-44-45-94-43-41-92-39-37-77-66(85)30-31-68(87)82-49-56-18-11-10-16-52(56)20-21-55-17-12-13-19-61(55)82/h10-13,16-19,22-23,26-27,47-48,50-51,63-64,69H,9,14-15,24-25,28-46,49H2,1-8H3,(H,77,85)(H,78,84)(H,79,88)(H,80,86)(H,81,89,90)/t51-,63-,64-,69+,73-,74-,75+,76+/m1/s1. The fraction of sp³-hybridized carbons (Fsp3) is 0.553. The lowest BCUT2D eigenvalue weighted by Crippen LogP contribution is -2.60. The van der Waals surface area contributed by atoms with Gasteiger partial charge in [0.15, 0.2) is 5.78 Å². The van der Waals surface area contributed by atoms with Crippen LogP contribution in [0.15, 0.2) is 84.9 Å². The van der Waals surface area contributed by atoms with Crippen LogP contribution in [0.2, 0.25) is 0 Å². The molecule has 9 rings (SSSR count). The van der Waals surface area contributed by atoms with Crippen LogP contribution in [0.5, 0.6) is 0 Å². The number of rotatable bonds is 29. The van der Waals surface area contributed by atoms with Crippen LogP contribution < -0.4 is 31.5 Å². The van der Waals surface area contributed by atoms with Crippen LogP contribution in [0, 0.1) is 46.3 Å². The summed E-state index contributed by atoms with van der Waals surface area (Å²) in [7, 11) is 0. The van der Waals surface area contributed by atoms with E-state index in [9.17, 15) is 38.4 Å². The number of carbonyl (C=O) groups excluding carboxylic acids is 8. The molecule has 2 saturated carbocycles. The minimum absolute atomic E-state index is 0.0128. The molecule has 1 aliphatic heterocycles. The Morgan fingerprint density at radius 3 is 1.69 bits per heavy atom. The van der Waals surface area contributed by atoms with E-state index < -0.39 is 28.2 Å². The minimum atomic E-state index is -0.814. The summed E-state index contributed by atoms with van der Waals surface area (Å²) in [6.07, 6.45) is 8.45. The lowest BCUT2D eigenvalue weighted by Gasteiger charge is -2.56. The molecule has 0 saturated heterocycles. The van der Waals surface area contributed by atoms with Crippen molar-refractivity contribution in [3.05, 3.63) is 124 Å². The van der Waals surface area contributed by atoms with E-state index >= 15 is 0 Å². The van der Waals surface area contributed by atoms with E-state index in [2.05, 4.69) is 77.4 Å². The predicted molar refractivity (Wildman–Crippen MR) is 362 cm³/mol. The van der Waals surface area contributed by atoms with Gasteiger partial charge < -0.3 is 45.1 Å². The van der Waals surface area contributed by atoms with E-state index in [1.165, 1.54) is 16.7 Å². The van der Waals surface area contributed by atoms with Gasteiger partial charge >= 0.3 is 0 Å². The van der Waals surface area contributed by atoms with Gasteiger partial charge in [-0.2, -0.15) is 0 Å². The number of nitrogens with one attached hydrogen (secondary N) is 5. The number of hydrogen-bond acceptors (Lipinski definition) is 12. The normalized spacial score (nSPS) is 23.1. The lowest BCUT2D eigenvalue weighted by atomic mass is 9.49.